The molecule has 0 atom stereocenters. The zero-order chi connectivity index (χ0) is 9.84. The van der Waals surface area contributed by atoms with Gasteiger partial charge in [0.25, 0.3) is 5.91 Å². The highest BCUT2D eigenvalue weighted by molar-refractivity contribution is 5.93. The summed E-state index contributed by atoms with van der Waals surface area (Å²) in [6.45, 7) is 3.09. The second-order valence-electron chi connectivity index (χ2n) is 2.77. The predicted molar refractivity (Wildman–Crippen MR) is 46.4 cm³/mol. The van der Waals surface area contributed by atoms with Gasteiger partial charge in [-0.25, -0.2) is 4.39 Å². The van der Waals surface area contributed by atoms with E-state index < -0.39 is 6.67 Å². The van der Waals surface area contributed by atoms with E-state index in [9.17, 15) is 9.18 Å². The van der Waals surface area contributed by atoms with E-state index in [1.807, 2.05) is 6.92 Å². The Balaban J connectivity index is 2.71. The molecule has 2 N–H and O–H groups in total. The number of carbonyl (C=O) groups excluding carboxylic acids is 1. The Bertz CT molecular complexity index is 308. The number of alkyl halides is 1. The minimum atomic E-state index is -0.561. The molecule has 1 amide bonds. The number of nitrogens with zero attached hydrogens (tertiary/aromatic N) is 1. The second kappa shape index (κ2) is 4.02. The van der Waals surface area contributed by atoms with Gasteiger partial charge in [0.1, 0.15) is 6.67 Å². The van der Waals surface area contributed by atoms with Crippen molar-refractivity contribution < 1.29 is 9.18 Å². The van der Waals surface area contributed by atoms with Crippen LogP contribution >= 0.6 is 0 Å². The maximum atomic E-state index is 11.7. The van der Waals surface area contributed by atoms with Crippen LogP contribution in [0.25, 0.3) is 0 Å². The first-order valence-corrected chi connectivity index (χ1v) is 4.02. The Labute approximate surface area is 75.5 Å². The lowest BCUT2D eigenvalue weighted by Gasteiger charge is -1.99. The molecule has 4 nitrogen and oxygen atoms in total. The number of aryl methyl sites for hydroxylation is 1. The lowest BCUT2D eigenvalue weighted by atomic mass is 10.2. The largest absolute Gasteiger partial charge is 0.348 e. The molecule has 13 heavy (non-hydrogen) atoms. The fourth-order valence-corrected chi connectivity index (χ4v) is 0.951. The number of hydrogen-bond acceptors (Lipinski definition) is 2. The fourth-order valence-electron chi connectivity index (χ4n) is 0.951. The van der Waals surface area contributed by atoms with E-state index in [0.717, 1.165) is 11.3 Å². The molecule has 0 aliphatic rings. The third-order valence-corrected chi connectivity index (χ3v) is 1.85. The monoisotopic (exact) mass is 185 g/mol. The summed E-state index contributed by atoms with van der Waals surface area (Å²) in [6.07, 6.45) is 0. The van der Waals surface area contributed by atoms with Crippen LogP contribution in [0, 0.1) is 13.8 Å². The number of aromatic nitrogens is 2. The second-order valence-corrected chi connectivity index (χ2v) is 2.77. The van der Waals surface area contributed by atoms with Crippen LogP contribution in [-0.2, 0) is 0 Å². The summed E-state index contributed by atoms with van der Waals surface area (Å²) >= 11 is 0. The number of rotatable bonds is 3. The number of H-pyrrole nitrogens is 1. The molecule has 0 radical (unpaired) electrons. The first-order valence-electron chi connectivity index (χ1n) is 4.02. The van der Waals surface area contributed by atoms with Crippen molar-refractivity contribution in [3.05, 3.63) is 17.0 Å². The van der Waals surface area contributed by atoms with Crippen molar-refractivity contribution in [3.8, 4) is 0 Å². The standard InChI is InChI=1S/C8H12FN3O/c1-5-6(2)11-12-7(5)8(13)10-4-3-9/h3-4H2,1-2H3,(H,10,13)(H,11,12). The summed E-state index contributed by atoms with van der Waals surface area (Å²) in [5.41, 5.74) is 1.99. The van der Waals surface area contributed by atoms with Crippen molar-refractivity contribution in [1.29, 1.82) is 0 Å². The number of amides is 1. The minimum Gasteiger partial charge on any atom is -0.348 e. The smallest absolute Gasteiger partial charge is 0.272 e. The molecule has 1 rings (SSSR count). The molecule has 0 bridgehead atoms. The molecule has 72 valence electrons. The van der Waals surface area contributed by atoms with Gasteiger partial charge in [-0.15, -0.1) is 0 Å². The normalized spacial score (nSPS) is 10.1. The number of aromatic amines is 1. The van der Waals surface area contributed by atoms with Crippen molar-refractivity contribution in [2.75, 3.05) is 13.2 Å². The summed E-state index contributed by atoms with van der Waals surface area (Å²) in [5.74, 6) is -0.334. The highest BCUT2D eigenvalue weighted by Crippen LogP contribution is 2.07. The van der Waals surface area contributed by atoms with Crippen LogP contribution in [0.2, 0.25) is 0 Å². The van der Waals surface area contributed by atoms with Crippen LogP contribution in [0.5, 0.6) is 0 Å². The lowest BCUT2D eigenvalue weighted by molar-refractivity contribution is 0.0945. The summed E-state index contributed by atoms with van der Waals surface area (Å²) < 4.78 is 11.7. The SMILES string of the molecule is Cc1[nH]nc(C(=O)NCCF)c1C. The van der Waals surface area contributed by atoms with Crippen LogP contribution in [0.4, 0.5) is 4.39 Å². The predicted octanol–water partition coefficient (Wildman–Crippen LogP) is 0.726. The lowest BCUT2D eigenvalue weighted by Crippen LogP contribution is -2.26. The molecule has 0 aliphatic heterocycles. The third kappa shape index (κ3) is 2.05. The van der Waals surface area contributed by atoms with Crippen LogP contribution in [-0.4, -0.2) is 29.3 Å². The van der Waals surface area contributed by atoms with Gasteiger partial charge in [-0.3, -0.25) is 9.89 Å². The summed E-state index contributed by atoms with van der Waals surface area (Å²) in [5, 5.41) is 8.90. The van der Waals surface area contributed by atoms with Gasteiger partial charge < -0.3 is 5.32 Å². The highest BCUT2D eigenvalue weighted by atomic mass is 19.1. The van der Waals surface area contributed by atoms with Gasteiger partial charge in [-0.1, -0.05) is 0 Å². The third-order valence-electron chi connectivity index (χ3n) is 1.85. The van der Waals surface area contributed by atoms with Gasteiger partial charge in [0.15, 0.2) is 5.69 Å². The maximum absolute atomic E-state index is 11.7. The van der Waals surface area contributed by atoms with E-state index >= 15 is 0 Å². The van der Waals surface area contributed by atoms with Crippen molar-refractivity contribution in [2.45, 2.75) is 13.8 Å². The molecule has 0 saturated heterocycles. The number of nitrogens with one attached hydrogen (secondary N) is 2. The van der Waals surface area contributed by atoms with Crippen molar-refractivity contribution >= 4 is 5.91 Å². The van der Waals surface area contributed by atoms with E-state index in [1.165, 1.54) is 0 Å². The van der Waals surface area contributed by atoms with Crippen molar-refractivity contribution in [3.63, 3.8) is 0 Å². The molecule has 0 saturated carbocycles. The molecule has 0 aromatic carbocycles. The minimum absolute atomic E-state index is 0.0319. The first-order chi connectivity index (χ1) is 6.16. The van der Waals surface area contributed by atoms with E-state index in [2.05, 4.69) is 15.5 Å². The van der Waals surface area contributed by atoms with Crippen LogP contribution in [0.3, 0.4) is 0 Å². The van der Waals surface area contributed by atoms with Gasteiger partial charge in [0.2, 0.25) is 0 Å². The molecule has 1 heterocycles. The number of hydrogen-bond donors (Lipinski definition) is 2. The zero-order valence-corrected chi connectivity index (χ0v) is 7.65. The van der Waals surface area contributed by atoms with E-state index in [-0.39, 0.29) is 12.5 Å². The molecule has 1 aromatic heterocycles. The molecule has 5 heteroatoms. The van der Waals surface area contributed by atoms with Gasteiger partial charge in [-0.05, 0) is 13.8 Å². The fraction of sp³-hybridized carbons (Fsp3) is 0.500. The Morgan fingerprint density at radius 3 is 2.77 bits per heavy atom. The van der Waals surface area contributed by atoms with Gasteiger partial charge in [0.05, 0.1) is 0 Å². The molecule has 0 spiro atoms. The summed E-state index contributed by atoms with van der Waals surface area (Å²) in [7, 11) is 0. The van der Waals surface area contributed by atoms with Crippen LogP contribution in [0.1, 0.15) is 21.7 Å². The van der Waals surface area contributed by atoms with Crippen LogP contribution in [0.15, 0.2) is 0 Å². The number of halogens is 1. The number of carbonyl (C=O) groups is 1. The molecule has 0 unspecified atom stereocenters. The Kier molecular flexibility index (Phi) is 3.00. The maximum Gasteiger partial charge on any atom is 0.272 e. The average molecular weight is 185 g/mol. The molecule has 1 aromatic rings. The zero-order valence-electron chi connectivity index (χ0n) is 7.65. The van der Waals surface area contributed by atoms with Gasteiger partial charge in [0, 0.05) is 17.8 Å². The van der Waals surface area contributed by atoms with Crippen molar-refractivity contribution in [1.82, 2.24) is 15.5 Å². The Morgan fingerprint density at radius 1 is 1.62 bits per heavy atom. The van der Waals surface area contributed by atoms with E-state index in [4.69, 9.17) is 0 Å². The summed E-state index contributed by atoms with van der Waals surface area (Å²) in [4.78, 5) is 11.3. The summed E-state index contributed by atoms with van der Waals surface area (Å²) in [6, 6.07) is 0. The van der Waals surface area contributed by atoms with E-state index in [0.29, 0.717) is 5.69 Å². The van der Waals surface area contributed by atoms with Gasteiger partial charge in [-0.2, -0.15) is 5.10 Å². The Morgan fingerprint density at radius 2 is 2.31 bits per heavy atom. The quantitative estimate of drug-likeness (QED) is 0.729. The molecule has 0 aliphatic carbocycles. The highest BCUT2D eigenvalue weighted by Gasteiger charge is 2.12. The van der Waals surface area contributed by atoms with E-state index in [1.54, 1.807) is 6.92 Å². The molecule has 0 fully saturated rings. The van der Waals surface area contributed by atoms with Gasteiger partial charge >= 0.3 is 0 Å². The van der Waals surface area contributed by atoms with Crippen molar-refractivity contribution in [2.24, 2.45) is 0 Å². The topological polar surface area (TPSA) is 57.8 Å². The molecular formula is C8H12FN3O. The Hall–Kier alpha value is -1.39. The molecular weight excluding hydrogens is 173 g/mol. The average Bonchev–Trinajstić information content (AvgIpc) is 2.44. The van der Waals surface area contributed by atoms with Crippen LogP contribution < -0.4 is 5.32 Å². The first kappa shape index (κ1) is 9.70.